The van der Waals surface area contributed by atoms with Gasteiger partial charge in [0.25, 0.3) is 0 Å². The van der Waals surface area contributed by atoms with Gasteiger partial charge >= 0.3 is 0 Å². The maximum Gasteiger partial charge on any atom is 0.229 e. The number of likely N-dealkylation sites (tertiary alicyclic amines) is 2. The molecule has 7 nitrogen and oxygen atoms in total. The summed E-state index contributed by atoms with van der Waals surface area (Å²) >= 11 is 0. The third-order valence-corrected chi connectivity index (χ3v) is 6.57. The minimum Gasteiger partial charge on any atom is -0.370 e. The van der Waals surface area contributed by atoms with Gasteiger partial charge in [0.1, 0.15) is 5.82 Å². The summed E-state index contributed by atoms with van der Waals surface area (Å²) in [5.74, 6) is 2.08. The normalized spacial score (nSPS) is 17.1. The number of carbonyl (C=O) groups excluding carboxylic acids is 1. The molecule has 0 aliphatic carbocycles. The Bertz CT molecular complexity index is 907. The third-order valence-electron chi connectivity index (χ3n) is 6.57. The van der Waals surface area contributed by atoms with E-state index in [1.807, 2.05) is 11.1 Å². The van der Waals surface area contributed by atoms with E-state index in [4.69, 9.17) is 4.98 Å². The fourth-order valence-corrected chi connectivity index (χ4v) is 4.63. The van der Waals surface area contributed by atoms with Gasteiger partial charge in [-0.05, 0) is 62.4 Å². The number of nitrogens with zero attached hydrogens (tertiary/aromatic N) is 4. The lowest BCUT2D eigenvalue weighted by molar-refractivity contribution is -0.127. The smallest absolute Gasteiger partial charge is 0.229 e. The minimum absolute atomic E-state index is 0.285. The van der Waals surface area contributed by atoms with Crippen molar-refractivity contribution < 1.29 is 4.79 Å². The van der Waals surface area contributed by atoms with Crippen LogP contribution >= 0.6 is 0 Å². The Hall–Kier alpha value is -2.67. The van der Waals surface area contributed by atoms with Gasteiger partial charge in [-0.2, -0.15) is 4.98 Å². The summed E-state index contributed by atoms with van der Waals surface area (Å²) in [6.45, 7) is 10.2. The number of rotatable bonds is 10. The number of benzene rings is 1. The molecule has 1 aromatic carbocycles. The average Bonchev–Trinajstić information content (AvgIpc) is 3.23. The molecule has 4 rings (SSSR count). The maximum atomic E-state index is 11.8. The maximum absolute atomic E-state index is 11.8. The van der Waals surface area contributed by atoms with E-state index in [1.54, 1.807) is 0 Å². The van der Waals surface area contributed by atoms with Gasteiger partial charge < -0.3 is 15.5 Å². The summed E-state index contributed by atoms with van der Waals surface area (Å²) in [7, 11) is 0. The molecule has 0 bridgehead atoms. The molecule has 1 amide bonds. The van der Waals surface area contributed by atoms with Crippen molar-refractivity contribution in [3.63, 3.8) is 0 Å². The molecule has 2 saturated heterocycles. The number of nitrogens with one attached hydrogen (secondary N) is 2. The van der Waals surface area contributed by atoms with E-state index < -0.39 is 0 Å². The fraction of sp³-hybridized carbons (Fsp3) is 0.577. The molecule has 7 heteroatoms. The molecule has 0 radical (unpaired) electrons. The number of hydrogen-bond acceptors (Lipinski definition) is 6. The highest BCUT2D eigenvalue weighted by Crippen LogP contribution is 2.24. The molecule has 0 saturated carbocycles. The molecule has 2 aliphatic rings. The number of carbonyl (C=O) groups is 1. The van der Waals surface area contributed by atoms with Crippen LogP contribution in [0.2, 0.25) is 0 Å². The van der Waals surface area contributed by atoms with Crippen LogP contribution in [0.4, 0.5) is 17.5 Å². The molecular formula is C26H38N6O. The molecule has 2 fully saturated rings. The lowest BCUT2D eigenvalue weighted by atomic mass is 10.1. The van der Waals surface area contributed by atoms with Gasteiger partial charge in [0.2, 0.25) is 11.9 Å². The molecule has 1 aromatic heterocycles. The van der Waals surface area contributed by atoms with Crippen LogP contribution in [-0.4, -0.2) is 58.4 Å². The molecule has 0 atom stereocenters. The predicted octanol–water partition coefficient (Wildman–Crippen LogP) is 4.75. The van der Waals surface area contributed by atoms with Crippen molar-refractivity contribution in [2.45, 2.75) is 64.8 Å². The molecule has 0 spiro atoms. The third kappa shape index (κ3) is 6.67. The van der Waals surface area contributed by atoms with Crippen LogP contribution in [0.3, 0.4) is 0 Å². The van der Waals surface area contributed by atoms with Gasteiger partial charge in [0, 0.05) is 50.0 Å². The molecule has 3 heterocycles. The predicted molar refractivity (Wildman–Crippen MR) is 134 cm³/mol. The molecular weight excluding hydrogens is 412 g/mol. The first kappa shape index (κ1) is 23.5. The van der Waals surface area contributed by atoms with Crippen molar-refractivity contribution >= 4 is 23.4 Å². The minimum atomic E-state index is 0.285. The van der Waals surface area contributed by atoms with Gasteiger partial charge in [-0.1, -0.05) is 32.4 Å². The number of aromatic nitrogens is 2. The van der Waals surface area contributed by atoms with E-state index in [2.05, 4.69) is 58.6 Å². The monoisotopic (exact) mass is 450 g/mol. The fourth-order valence-electron chi connectivity index (χ4n) is 4.63. The lowest BCUT2D eigenvalue weighted by Gasteiger charge is -2.26. The Morgan fingerprint density at radius 2 is 1.82 bits per heavy atom. The molecule has 2 aliphatic heterocycles. The van der Waals surface area contributed by atoms with Gasteiger partial charge in [-0.25, -0.2) is 4.98 Å². The second-order valence-electron chi connectivity index (χ2n) is 9.58. The quantitative estimate of drug-likeness (QED) is 0.509. The van der Waals surface area contributed by atoms with Crippen molar-refractivity contribution in [1.82, 2.24) is 19.8 Å². The van der Waals surface area contributed by atoms with E-state index >= 15 is 0 Å². The van der Waals surface area contributed by atoms with Crippen LogP contribution in [0.25, 0.3) is 0 Å². The Labute approximate surface area is 198 Å². The van der Waals surface area contributed by atoms with Crippen molar-refractivity contribution in [3.8, 4) is 0 Å². The van der Waals surface area contributed by atoms with E-state index in [1.165, 1.54) is 37.9 Å². The van der Waals surface area contributed by atoms with Crippen LogP contribution in [0.15, 0.2) is 30.5 Å². The van der Waals surface area contributed by atoms with E-state index in [0.29, 0.717) is 18.3 Å². The summed E-state index contributed by atoms with van der Waals surface area (Å²) in [5, 5.41) is 6.83. The first-order chi connectivity index (χ1) is 16.1. The van der Waals surface area contributed by atoms with Crippen LogP contribution in [0.1, 0.15) is 69.4 Å². The van der Waals surface area contributed by atoms with Gasteiger partial charge in [-0.15, -0.1) is 0 Å². The molecule has 178 valence electrons. The first-order valence-corrected chi connectivity index (χ1v) is 12.6. The van der Waals surface area contributed by atoms with Gasteiger partial charge in [0.05, 0.1) is 0 Å². The summed E-state index contributed by atoms with van der Waals surface area (Å²) in [6, 6.07) is 8.61. The molecule has 2 aromatic rings. The topological polar surface area (TPSA) is 73.4 Å². The largest absolute Gasteiger partial charge is 0.370 e. The first-order valence-electron chi connectivity index (χ1n) is 12.6. The van der Waals surface area contributed by atoms with E-state index in [0.717, 1.165) is 56.1 Å². The van der Waals surface area contributed by atoms with E-state index in [-0.39, 0.29) is 5.91 Å². The summed E-state index contributed by atoms with van der Waals surface area (Å²) in [4.78, 5) is 25.6. The summed E-state index contributed by atoms with van der Waals surface area (Å²) < 4.78 is 0. The highest BCUT2D eigenvalue weighted by molar-refractivity contribution is 5.78. The summed E-state index contributed by atoms with van der Waals surface area (Å²) in [5.41, 5.74) is 3.44. The Morgan fingerprint density at radius 3 is 2.52 bits per heavy atom. The SMILES string of the molecule is CC(C)c1cnc(Nc2ccc(CN3CCCCC3)cc2)nc1NCCCN1CCCC1=O. The lowest BCUT2D eigenvalue weighted by Crippen LogP contribution is -2.29. The number of anilines is 3. The Kier molecular flexibility index (Phi) is 8.15. The van der Waals surface area contributed by atoms with Crippen LogP contribution < -0.4 is 10.6 Å². The van der Waals surface area contributed by atoms with Crippen LogP contribution in [0.5, 0.6) is 0 Å². The van der Waals surface area contributed by atoms with Crippen molar-refractivity contribution in [3.05, 3.63) is 41.6 Å². The zero-order chi connectivity index (χ0) is 23.0. The zero-order valence-electron chi connectivity index (χ0n) is 20.1. The molecule has 0 unspecified atom stereocenters. The molecule has 33 heavy (non-hydrogen) atoms. The zero-order valence-corrected chi connectivity index (χ0v) is 20.1. The van der Waals surface area contributed by atoms with Crippen LogP contribution in [-0.2, 0) is 11.3 Å². The number of piperidine rings is 1. The van der Waals surface area contributed by atoms with E-state index in [9.17, 15) is 4.79 Å². The average molecular weight is 451 g/mol. The second-order valence-corrected chi connectivity index (χ2v) is 9.58. The van der Waals surface area contributed by atoms with Gasteiger partial charge in [0.15, 0.2) is 0 Å². The standard InChI is InChI=1S/C26H38N6O/c1-20(2)23-18-28-26(30-25(23)27-13-7-17-32-16-6-8-24(32)33)29-22-11-9-21(10-12-22)19-31-14-4-3-5-15-31/h9-12,18,20H,3-8,13-17,19H2,1-2H3,(H2,27,28,29,30). The highest BCUT2D eigenvalue weighted by atomic mass is 16.2. The summed E-state index contributed by atoms with van der Waals surface area (Å²) in [6.07, 6.45) is 8.51. The second kappa shape index (κ2) is 11.5. The van der Waals surface area contributed by atoms with Crippen molar-refractivity contribution in [1.29, 1.82) is 0 Å². The van der Waals surface area contributed by atoms with Crippen molar-refractivity contribution in [2.75, 3.05) is 43.4 Å². The van der Waals surface area contributed by atoms with Crippen molar-refractivity contribution in [2.24, 2.45) is 0 Å². The van der Waals surface area contributed by atoms with Gasteiger partial charge in [-0.3, -0.25) is 9.69 Å². The van der Waals surface area contributed by atoms with Crippen LogP contribution in [0, 0.1) is 0 Å². The number of hydrogen-bond donors (Lipinski definition) is 2. The number of amides is 1. The highest BCUT2D eigenvalue weighted by Gasteiger charge is 2.19. The molecule has 2 N–H and O–H groups in total. The Balaban J connectivity index is 1.33. The Morgan fingerprint density at radius 1 is 1.03 bits per heavy atom.